The summed E-state index contributed by atoms with van der Waals surface area (Å²) >= 11 is 0. The van der Waals surface area contributed by atoms with E-state index in [1.54, 1.807) is 49.4 Å². The zero-order valence-electron chi connectivity index (χ0n) is 21.4. The molecule has 3 aromatic rings. The fourth-order valence-electron chi connectivity index (χ4n) is 3.81. The monoisotopic (exact) mass is 489 g/mol. The number of para-hydroxylation sites is 1. The highest BCUT2D eigenvalue weighted by Crippen LogP contribution is 2.25. The molecular weight excluding hydrogens is 454 g/mol. The van der Waals surface area contributed by atoms with Crippen LogP contribution in [0.1, 0.15) is 41.5 Å². The maximum atomic E-state index is 13.0. The molecule has 36 heavy (non-hydrogen) atoms. The van der Waals surface area contributed by atoms with E-state index in [9.17, 15) is 9.59 Å². The molecule has 0 bridgehead atoms. The summed E-state index contributed by atoms with van der Waals surface area (Å²) in [4.78, 5) is 27.9. The molecule has 0 aliphatic rings. The van der Waals surface area contributed by atoms with E-state index in [0.29, 0.717) is 34.9 Å². The lowest BCUT2D eigenvalue weighted by Crippen LogP contribution is -2.34. The summed E-state index contributed by atoms with van der Waals surface area (Å²) in [5.41, 5.74) is 1.72. The van der Waals surface area contributed by atoms with Crippen LogP contribution in [0, 0.1) is 0 Å². The van der Waals surface area contributed by atoms with Crippen LogP contribution in [0.3, 0.4) is 0 Å². The fourth-order valence-corrected chi connectivity index (χ4v) is 3.81. The van der Waals surface area contributed by atoms with E-state index in [4.69, 9.17) is 9.47 Å². The second kappa shape index (κ2) is 13.3. The minimum atomic E-state index is -0.482. The number of carbonyl (C=O) groups is 2. The average molecular weight is 490 g/mol. The molecule has 0 saturated heterocycles. The maximum Gasteiger partial charge on any atom is 0.255 e. The lowest BCUT2D eigenvalue weighted by atomic mass is 10.0. The number of rotatable bonds is 13. The Bertz CT molecular complexity index is 1130. The number of methoxy groups -OCH3 is 1. The summed E-state index contributed by atoms with van der Waals surface area (Å²) in [6, 6.07) is 21.3. The Morgan fingerprint density at radius 3 is 2.22 bits per heavy atom. The van der Waals surface area contributed by atoms with Crippen molar-refractivity contribution in [2.24, 2.45) is 0 Å². The molecule has 0 saturated carbocycles. The van der Waals surface area contributed by atoms with Crippen LogP contribution in [0.15, 0.2) is 72.8 Å². The highest BCUT2D eigenvalue weighted by atomic mass is 16.5. The number of hydrogen-bond donors (Lipinski definition) is 2. The van der Waals surface area contributed by atoms with Gasteiger partial charge in [-0.25, -0.2) is 0 Å². The van der Waals surface area contributed by atoms with Gasteiger partial charge in [0.05, 0.1) is 18.7 Å². The molecule has 7 nitrogen and oxygen atoms in total. The van der Waals surface area contributed by atoms with Gasteiger partial charge in [0.15, 0.2) is 5.78 Å². The first-order valence-electron chi connectivity index (χ1n) is 12.3. The Balaban J connectivity index is 1.60. The normalized spacial score (nSPS) is 11.6. The number of nitrogens with one attached hydrogen (secondary N) is 2. The molecule has 190 valence electrons. The zero-order valence-corrected chi connectivity index (χ0v) is 21.4. The molecule has 0 spiro atoms. The van der Waals surface area contributed by atoms with Gasteiger partial charge in [-0.3, -0.25) is 9.59 Å². The highest BCUT2D eigenvalue weighted by Gasteiger charge is 2.18. The van der Waals surface area contributed by atoms with Crippen LogP contribution < -0.4 is 20.1 Å². The van der Waals surface area contributed by atoms with Gasteiger partial charge in [0, 0.05) is 30.4 Å². The van der Waals surface area contributed by atoms with Crippen molar-refractivity contribution in [3.63, 3.8) is 0 Å². The van der Waals surface area contributed by atoms with Crippen LogP contribution in [0.4, 0.5) is 5.69 Å². The first kappa shape index (κ1) is 26.8. The van der Waals surface area contributed by atoms with Crippen molar-refractivity contribution in [1.29, 1.82) is 0 Å². The van der Waals surface area contributed by atoms with E-state index in [0.717, 1.165) is 25.4 Å². The third-order valence-corrected chi connectivity index (χ3v) is 5.95. The molecule has 1 unspecified atom stereocenters. The molecule has 1 atom stereocenters. The van der Waals surface area contributed by atoms with Crippen molar-refractivity contribution < 1.29 is 19.1 Å². The van der Waals surface area contributed by atoms with E-state index < -0.39 is 6.04 Å². The van der Waals surface area contributed by atoms with E-state index in [1.807, 2.05) is 30.3 Å². The lowest BCUT2D eigenvalue weighted by Gasteiger charge is -2.19. The van der Waals surface area contributed by atoms with Gasteiger partial charge in [0.2, 0.25) is 0 Å². The smallest absolute Gasteiger partial charge is 0.255 e. The van der Waals surface area contributed by atoms with Crippen LogP contribution in [0.5, 0.6) is 17.2 Å². The van der Waals surface area contributed by atoms with Gasteiger partial charge >= 0.3 is 0 Å². The van der Waals surface area contributed by atoms with E-state index in [-0.39, 0.29) is 11.7 Å². The molecule has 3 aromatic carbocycles. The topological polar surface area (TPSA) is 79.9 Å². The van der Waals surface area contributed by atoms with Gasteiger partial charge in [0.25, 0.3) is 5.91 Å². The molecule has 7 heteroatoms. The van der Waals surface area contributed by atoms with Gasteiger partial charge in [-0.05, 0) is 68.5 Å². The minimum Gasteiger partial charge on any atom is -0.496 e. The van der Waals surface area contributed by atoms with Crippen LogP contribution in [-0.4, -0.2) is 55.9 Å². The van der Waals surface area contributed by atoms with Gasteiger partial charge < -0.3 is 25.0 Å². The first-order chi connectivity index (χ1) is 17.4. The van der Waals surface area contributed by atoms with Crippen molar-refractivity contribution in [1.82, 2.24) is 10.2 Å². The first-order valence-corrected chi connectivity index (χ1v) is 12.3. The number of amides is 1. The number of Topliss-reactive ketones (excluding diaryl/α,β-unsaturated/α-hetero) is 1. The predicted octanol–water partition coefficient (Wildman–Crippen LogP) is 5.24. The molecule has 0 heterocycles. The SMILES string of the molecule is CCN(CC)CCNC(=O)c1ccc(NC(C)C(=O)c2ccc(Oc3ccccc3)cc2)cc1OC. The largest absolute Gasteiger partial charge is 0.496 e. The molecule has 0 aliphatic heterocycles. The summed E-state index contributed by atoms with van der Waals surface area (Å²) < 4.78 is 11.3. The Kier molecular flexibility index (Phi) is 9.89. The second-order valence-electron chi connectivity index (χ2n) is 8.37. The third-order valence-electron chi connectivity index (χ3n) is 5.95. The summed E-state index contributed by atoms with van der Waals surface area (Å²) in [6.45, 7) is 9.24. The van der Waals surface area contributed by atoms with Crippen molar-refractivity contribution in [2.45, 2.75) is 26.8 Å². The lowest BCUT2D eigenvalue weighted by molar-refractivity contribution is 0.0943. The Morgan fingerprint density at radius 2 is 1.58 bits per heavy atom. The summed E-state index contributed by atoms with van der Waals surface area (Å²) in [7, 11) is 1.53. The number of ether oxygens (including phenoxy) is 2. The predicted molar refractivity (Wildman–Crippen MR) is 143 cm³/mol. The quantitative estimate of drug-likeness (QED) is 0.320. The molecule has 1 amide bonds. The number of anilines is 1. The third kappa shape index (κ3) is 7.33. The van der Waals surface area contributed by atoms with Gasteiger partial charge in [-0.15, -0.1) is 0 Å². The molecule has 3 rings (SSSR count). The van der Waals surface area contributed by atoms with Crippen LogP contribution in [0.25, 0.3) is 0 Å². The Labute approximate surface area is 213 Å². The van der Waals surface area contributed by atoms with Crippen molar-refractivity contribution >= 4 is 17.4 Å². The summed E-state index contributed by atoms with van der Waals surface area (Å²) in [5, 5.41) is 6.16. The van der Waals surface area contributed by atoms with Gasteiger partial charge in [0.1, 0.15) is 17.2 Å². The zero-order chi connectivity index (χ0) is 25.9. The second-order valence-corrected chi connectivity index (χ2v) is 8.37. The summed E-state index contributed by atoms with van der Waals surface area (Å²) in [6.07, 6.45) is 0. The molecule has 0 fully saturated rings. The van der Waals surface area contributed by atoms with Gasteiger partial charge in [-0.1, -0.05) is 32.0 Å². The molecular formula is C29H35N3O4. The minimum absolute atomic E-state index is 0.0570. The molecule has 2 N–H and O–H groups in total. The fraction of sp³-hybridized carbons (Fsp3) is 0.310. The molecule has 0 aliphatic carbocycles. The van der Waals surface area contributed by atoms with Gasteiger partial charge in [-0.2, -0.15) is 0 Å². The van der Waals surface area contributed by atoms with E-state index in [2.05, 4.69) is 29.4 Å². The number of hydrogen-bond acceptors (Lipinski definition) is 6. The van der Waals surface area contributed by atoms with Crippen molar-refractivity contribution in [3.05, 3.63) is 83.9 Å². The van der Waals surface area contributed by atoms with Crippen LogP contribution >= 0.6 is 0 Å². The van der Waals surface area contributed by atoms with Crippen molar-refractivity contribution in [3.8, 4) is 17.2 Å². The number of likely N-dealkylation sites (N-methyl/N-ethyl adjacent to an activating group) is 1. The molecule has 0 aromatic heterocycles. The molecule has 0 radical (unpaired) electrons. The highest BCUT2D eigenvalue weighted by molar-refractivity contribution is 6.02. The van der Waals surface area contributed by atoms with E-state index >= 15 is 0 Å². The number of ketones is 1. The Hall–Kier alpha value is -3.84. The van der Waals surface area contributed by atoms with Crippen LogP contribution in [0.2, 0.25) is 0 Å². The van der Waals surface area contributed by atoms with Crippen LogP contribution in [-0.2, 0) is 0 Å². The maximum absolute atomic E-state index is 13.0. The van der Waals surface area contributed by atoms with E-state index in [1.165, 1.54) is 7.11 Å². The number of benzene rings is 3. The van der Waals surface area contributed by atoms with Crippen molar-refractivity contribution in [2.75, 3.05) is 38.6 Å². The average Bonchev–Trinajstić information content (AvgIpc) is 2.91. The number of nitrogens with zero attached hydrogens (tertiary/aromatic N) is 1. The standard InChI is InChI=1S/C29H35N3O4/c1-5-32(6-2)19-18-30-29(34)26-17-14-23(20-27(26)35-4)31-21(3)28(33)22-12-15-25(16-13-22)36-24-10-8-7-9-11-24/h7-17,20-21,31H,5-6,18-19H2,1-4H3,(H,30,34). The Morgan fingerprint density at radius 1 is 0.917 bits per heavy atom. The number of carbonyl (C=O) groups excluding carboxylic acids is 2. The summed E-state index contributed by atoms with van der Waals surface area (Å²) in [5.74, 6) is 1.60.